The van der Waals surface area contributed by atoms with Gasteiger partial charge < -0.3 is 14.4 Å². The van der Waals surface area contributed by atoms with E-state index in [1.807, 2.05) is 11.0 Å². The number of hydrogen-bond acceptors (Lipinski definition) is 4. The van der Waals surface area contributed by atoms with Crippen molar-refractivity contribution >= 4 is 5.96 Å². The molecule has 0 spiro atoms. The lowest BCUT2D eigenvalue weighted by molar-refractivity contribution is 0.147. The second-order valence-electron chi connectivity index (χ2n) is 8.19. The summed E-state index contributed by atoms with van der Waals surface area (Å²) < 4.78 is 13.5. The summed E-state index contributed by atoms with van der Waals surface area (Å²) in [5.41, 5.74) is 2.98. The molecule has 2 aromatic rings. The topological polar surface area (TPSA) is 74.3 Å². The maximum Gasteiger partial charge on any atom is 0.203 e. The first-order chi connectivity index (χ1) is 14.7. The van der Waals surface area contributed by atoms with E-state index in [1.54, 1.807) is 16.8 Å². The number of nitrogens with one attached hydrogen (secondary N) is 2. The maximum absolute atomic E-state index is 8.63. The average Bonchev–Trinajstić information content (AvgIpc) is 3.06. The molecular weight excluding hydrogens is 376 g/mol. The van der Waals surface area contributed by atoms with Gasteiger partial charge in [0.05, 0.1) is 12.8 Å². The fraction of sp³-hybridized carbons (Fsp3) is 0.500. The largest absolute Gasteiger partial charge is 0.484 e. The summed E-state index contributed by atoms with van der Waals surface area (Å²) in [4.78, 5) is 1.97. The first-order valence-corrected chi connectivity index (χ1v) is 11.1. The van der Waals surface area contributed by atoms with E-state index < -0.39 is 0 Å². The molecule has 1 fully saturated rings. The van der Waals surface area contributed by atoms with Gasteiger partial charge >= 0.3 is 0 Å². The minimum Gasteiger partial charge on any atom is -0.484 e. The van der Waals surface area contributed by atoms with E-state index >= 15 is 0 Å². The Bertz CT molecular complexity index is 931. The summed E-state index contributed by atoms with van der Waals surface area (Å²) in [5.74, 6) is 1.63. The van der Waals surface area contributed by atoms with Gasteiger partial charge in [-0.2, -0.15) is 0 Å². The third-order valence-electron chi connectivity index (χ3n) is 6.15. The van der Waals surface area contributed by atoms with E-state index in [0.717, 1.165) is 32.4 Å². The number of nitrogens with zero attached hydrogens (tertiary/aromatic N) is 2. The molecule has 0 amide bonds. The van der Waals surface area contributed by atoms with Crippen molar-refractivity contribution in [2.75, 3.05) is 26.3 Å². The molecule has 30 heavy (non-hydrogen) atoms. The van der Waals surface area contributed by atoms with Crippen LogP contribution >= 0.6 is 0 Å². The van der Waals surface area contributed by atoms with Crippen molar-refractivity contribution in [1.82, 2.24) is 9.47 Å². The predicted molar refractivity (Wildman–Crippen MR) is 117 cm³/mol. The number of pyridine rings is 1. The Hall–Kier alpha value is -2.60. The van der Waals surface area contributed by atoms with Gasteiger partial charge in [-0.05, 0) is 54.9 Å². The second-order valence-corrected chi connectivity index (χ2v) is 8.19. The van der Waals surface area contributed by atoms with E-state index in [-0.39, 0.29) is 11.6 Å². The van der Waals surface area contributed by atoms with Gasteiger partial charge in [0.25, 0.3) is 0 Å². The summed E-state index contributed by atoms with van der Waals surface area (Å²) in [6.45, 7) is 5.03. The molecule has 1 saturated heterocycles. The highest BCUT2D eigenvalue weighted by Gasteiger charge is 2.28. The molecule has 1 aromatic carbocycles. The molecule has 1 aromatic heterocycles. The highest BCUT2D eigenvalue weighted by atomic mass is 16.5. The minimum atomic E-state index is 0.0140. The second kappa shape index (κ2) is 9.47. The minimum absolute atomic E-state index is 0.0140. The quantitative estimate of drug-likeness (QED) is 0.586. The normalized spacial score (nSPS) is 21.6. The van der Waals surface area contributed by atoms with Crippen molar-refractivity contribution in [3.8, 4) is 5.75 Å². The molecule has 2 heterocycles. The van der Waals surface area contributed by atoms with Crippen LogP contribution in [-0.2, 0) is 4.74 Å². The first kappa shape index (κ1) is 20.7. The van der Waals surface area contributed by atoms with Crippen LogP contribution in [0.2, 0.25) is 0 Å². The van der Waals surface area contributed by atoms with Crippen molar-refractivity contribution < 1.29 is 9.47 Å². The number of aromatic nitrogens is 1. The van der Waals surface area contributed by atoms with Gasteiger partial charge in [0.1, 0.15) is 17.3 Å². The Kier molecular flexibility index (Phi) is 6.53. The molecule has 0 unspecified atom stereocenters. The lowest BCUT2D eigenvalue weighted by atomic mass is 9.79. The van der Waals surface area contributed by atoms with Crippen molar-refractivity contribution in [2.45, 2.75) is 51.0 Å². The number of benzene rings is 1. The molecule has 1 aliphatic heterocycles. The summed E-state index contributed by atoms with van der Waals surface area (Å²) >= 11 is 0. The molecule has 4 rings (SSSR count). The predicted octanol–water partition coefficient (Wildman–Crippen LogP) is 4.27. The van der Waals surface area contributed by atoms with Gasteiger partial charge in [-0.25, -0.2) is 0 Å². The van der Waals surface area contributed by atoms with Crippen LogP contribution in [0.15, 0.2) is 42.6 Å². The van der Waals surface area contributed by atoms with Crippen LogP contribution in [0.5, 0.6) is 5.75 Å². The molecule has 6 nitrogen and oxygen atoms in total. The zero-order chi connectivity index (χ0) is 20.9. The molecule has 0 bridgehead atoms. The van der Waals surface area contributed by atoms with Gasteiger partial charge in [0.2, 0.25) is 5.96 Å². The standard InChI is InChI=1S/C24H32N4O2/c1-2-6-18-9-11-22(21-8-4-3-7-20(18)21)30-19-10-12-23(25)28(17-19)24(26)27-13-5-15-29-16-14-27/h3-4,7-8,10,12,17-18,22,25-26H,2,5-6,9,11,13-16H2,1H3/t18-,22+/m0/s1. The van der Waals surface area contributed by atoms with Crippen molar-refractivity contribution in [3.05, 3.63) is 59.2 Å². The van der Waals surface area contributed by atoms with E-state index in [0.29, 0.717) is 30.8 Å². The molecule has 2 N–H and O–H groups in total. The van der Waals surface area contributed by atoms with Crippen LogP contribution in [-0.4, -0.2) is 41.7 Å². The summed E-state index contributed by atoms with van der Waals surface area (Å²) in [6.07, 6.45) is 7.23. The lowest BCUT2D eigenvalue weighted by Gasteiger charge is -2.32. The zero-order valence-electron chi connectivity index (χ0n) is 17.8. The van der Waals surface area contributed by atoms with Gasteiger partial charge in [-0.3, -0.25) is 15.4 Å². The molecule has 1 aliphatic carbocycles. The Morgan fingerprint density at radius 3 is 2.77 bits per heavy atom. The van der Waals surface area contributed by atoms with Gasteiger partial charge in [0, 0.05) is 19.7 Å². The fourth-order valence-corrected chi connectivity index (χ4v) is 4.61. The van der Waals surface area contributed by atoms with Crippen LogP contribution in [0.25, 0.3) is 0 Å². The first-order valence-electron chi connectivity index (χ1n) is 11.1. The lowest BCUT2D eigenvalue weighted by Crippen LogP contribution is -2.41. The third kappa shape index (κ3) is 4.43. The molecule has 6 heteroatoms. The number of hydrogen-bond donors (Lipinski definition) is 2. The summed E-state index contributed by atoms with van der Waals surface area (Å²) in [7, 11) is 0. The maximum atomic E-state index is 8.63. The summed E-state index contributed by atoms with van der Waals surface area (Å²) in [5, 5.41) is 16.9. The molecule has 2 aliphatic rings. The molecule has 160 valence electrons. The van der Waals surface area contributed by atoms with E-state index in [1.165, 1.54) is 24.0 Å². The Morgan fingerprint density at radius 2 is 1.93 bits per heavy atom. The van der Waals surface area contributed by atoms with Crippen molar-refractivity contribution in [1.29, 1.82) is 10.8 Å². The average molecular weight is 409 g/mol. The van der Waals surface area contributed by atoms with Crippen LogP contribution in [0.1, 0.15) is 62.2 Å². The van der Waals surface area contributed by atoms with Crippen LogP contribution in [0, 0.1) is 10.8 Å². The molecule has 0 radical (unpaired) electrons. The van der Waals surface area contributed by atoms with Gasteiger partial charge in [0.15, 0.2) is 0 Å². The molecule has 0 saturated carbocycles. The SMILES string of the molecule is CCC[C@H]1CC[C@@H](Oc2ccc(=N)n(C(=N)N3CCCOCC3)c2)c2ccccc21. The van der Waals surface area contributed by atoms with Gasteiger partial charge in [-0.15, -0.1) is 0 Å². The number of ether oxygens (including phenoxy) is 2. The fourth-order valence-electron chi connectivity index (χ4n) is 4.61. The Morgan fingerprint density at radius 1 is 1.10 bits per heavy atom. The van der Waals surface area contributed by atoms with E-state index in [9.17, 15) is 0 Å². The van der Waals surface area contributed by atoms with Crippen LogP contribution < -0.4 is 10.2 Å². The van der Waals surface area contributed by atoms with E-state index in [2.05, 4.69) is 31.2 Å². The molecular formula is C24H32N4O2. The van der Waals surface area contributed by atoms with Crippen molar-refractivity contribution in [2.24, 2.45) is 0 Å². The van der Waals surface area contributed by atoms with Gasteiger partial charge in [-0.1, -0.05) is 37.6 Å². The Labute approximate surface area is 178 Å². The highest BCUT2D eigenvalue weighted by molar-refractivity contribution is 5.79. The third-order valence-corrected chi connectivity index (χ3v) is 6.15. The highest BCUT2D eigenvalue weighted by Crippen LogP contribution is 2.41. The number of rotatable bonds is 4. The monoisotopic (exact) mass is 408 g/mol. The van der Waals surface area contributed by atoms with E-state index in [4.69, 9.17) is 20.3 Å². The number of fused-ring (bicyclic) bond motifs is 1. The molecule has 2 atom stereocenters. The van der Waals surface area contributed by atoms with Crippen LogP contribution in [0.4, 0.5) is 0 Å². The summed E-state index contributed by atoms with van der Waals surface area (Å²) in [6, 6.07) is 12.2. The van der Waals surface area contributed by atoms with Crippen molar-refractivity contribution in [3.63, 3.8) is 0 Å². The van der Waals surface area contributed by atoms with Crippen LogP contribution in [0.3, 0.4) is 0 Å². The smallest absolute Gasteiger partial charge is 0.203 e. The zero-order valence-corrected chi connectivity index (χ0v) is 17.8. The Balaban J connectivity index is 1.55.